The second kappa shape index (κ2) is 6.37. The third-order valence-electron chi connectivity index (χ3n) is 4.63. The molecule has 0 unspecified atom stereocenters. The summed E-state index contributed by atoms with van der Waals surface area (Å²) in [7, 11) is -1.61. The summed E-state index contributed by atoms with van der Waals surface area (Å²) >= 11 is 0. The maximum absolute atomic E-state index is 6.80. The summed E-state index contributed by atoms with van der Waals surface area (Å²) in [6.45, 7) is 14.3. The Morgan fingerprint density at radius 1 is 0.765 bits per heavy atom. The van der Waals surface area contributed by atoms with E-state index in [4.69, 9.17) is 4.43 Å². The summed E-state index contributed by atoms with van der Waals surface area (Å²) in [5.74, 6) is 0. The maximum Gasteiger partial charge on any atom is 0.200 e. The lowest BCUT2D eigenvalue weighted by molar-refractivity contribution is 0.132. The molecular weight excluding hydrogens is 224 g/mol. The van der Waals surface area contributed by atoms with E-state index in [1.807, 2.05) is 0 Å². The van der Waals surface area contributed by atoms with Crippen molar-refractivity contribution in [2.75, 3.05) is 0 Å². The fourth-order valence-electron chi connectivity index (χ4n) is 3.88. The van der Waals surface area contributed by atoms with Crippen LogP contribution < -0.4 is 0 Å². The molecule has 1 rings (SSSR count). The van der Waals surface area contributed by atoms with Gasteiger partial charge in [-0.3, -0.25) is 0 Å². The molecule has 1 fully saturated rings. The highest BCUT2D eigenvalue weighted by atomic mass is 28.4. The summed E-state index contributed by atoms with van der Waals surface area (Å²) in [4.78, 5) is 0. The molecule has 1 aliphatic carbocycles. The van der Waals surface area contributed by atoms with Crippen LogP contribution in [-0.4, -0.2) is 14.4 Å². The standard InChI is InChI=1S/C15H32OSi/c1-12(2)17(13(3)4,14(5)6)16-15-10-8-7-9-11-15/h12-15H,7-11H2,1-6H3. The van der Waals surface area contributed by atoms with Crippen LogP contribution in [0, 0.1) is 0 Å². The maximum atomic E-state index is 6.80. The van der Waals surface area contributed by atoms with E-state index in [2.05, 4.69) is 41.5 Å². The van der Waals surface area contributed by atoms with Crippen LogP contribution in [-0.2, 0) is 4.43 Å². The van der Waals surface area contributed by atoms with E-state index in [0.717, 1.165) is 16.6 Å². The minimum atomic E-state index is -1.61. The zero-order valence-electron chi connectivity index (χ0n) is 12.8. The normalized spacial score (nSPS) is 19.6. The number of hydrogen-bond acceptors (Lipinski definition) is 1. The average Bonchev–Trinajstić information content (AvgIpc) is 2.25. The fourth-order valence-corrected chi connectivity index (χ4v) is 9.51. The first-order valence-corrected chi connectivity index (χ1v) is 9.73. The van der Waals surface area contributed by atoms with Crippen LogP contribution in [0.5, 0.6) is 0 Å². The third kappa shape index (κ3) is 3.34. The molecule has 1 nitrogen and oxygen atoms in total. The summed E-state index contributed by atoms with van der Waals surface area (Å²) in [6, 6.07) is 0. The van der Waals surface area contributed by atoms with Gasteiger partial charge in [0.2, 0.25) is 8.32 Å². The van der Waals surface area contributed by atoms with Crippen molar-refractivity contribution < 1.29 is 4.43 Å². The first kappa shape index (κ1) is 15.2. The zero-order chi connectivity index (χ0) is 13.1. The Hall–Kier alpha value is 0.177. The van der Waals surface area contributed by atoms with E-state index < -0.39 is 8.32 Å². The second-order valence-electron chi connectivity index (χ2n) is 6.70. The predicted molar refractivity (Wildman–Crippen MR) is 79.0 cm³/mol. The number of rotatable bonds is 5. The molecule has 0 atom stereocenters. The molecule has 0 spiro atoms. The Bertz CT molecular complexity index is 195. The van der Waals surface area contributed by atoms with E-state index in [-0.39, 0.29) is 0 Å². The van der Waals surface area contributed by atoms with Gasteiger partial charge >= 0.3 is 0 Å². The lowest BCUT2D eigenvalue weighted by atomic mass is 9.98. The largest absolute Gasteiger partial charge is 0.413 e. The summed E-state index contributed by atoms with van der Waals surface area (Å²) in [5, 5.41) is 0. The van der Waals surface area contributed by atoms with Crippen molar-refractivity contribution in [1.82, 2.24) is 0 Å². The van der Waals surface area contributed by atoms with Gasteiger partial charge in [0.05, 0.1) is 0 Å². The van der Waals surface area contributed by atoms with Crippen LogP contribution in [0.3, 0.4) is 0 Å². The zero-order valence-corrected chi connectivity index (χ0v) is 13.8. The number of hydrogen-bond donors (Lipinski definition) is 0. The highest BCUT2D eigenvalue weighted by molar-refractivity contribution is 6.77. The smallest absolute Gasteiger partial charge is 0.200 e. The van der Waals surface area contributed by atoms with E-state index in [9.17, 15) is 0 Å². The fraction of sp³-hybridized carbons (Fsp3) is 1.00. The highest BCUT2D eigenvalue weighted by Crippen LogP contribution is 2.44. The third-order valence-corrected chi connectivity index (χ3v) is 10.8. The Morgan fingerprint density at radius 3 is 1.53 bits per heavy atom. The van der Waals surface area contributed by atoms with Crippen LogP contribution in [0.4, 0.5) is 0 Å². The molecule has 0 amide bonds. The van der Waals surface area contributed by atoms with Crippen LogP contribution in [0.15, 0.2) is 0 Å². The molecule has 1 saturated carbocycles. The van der Waals surface area contributed by atoms with Gasteiger partial charge in [0, 0.05) is 6.10 Å². The summed E-state index contributed by atoms with van der Waals surface area (Å²) < 4.78 is 6.80. The van der Waals surface area contributed by atoms with Gasteiger partial charge in [-0.2, -0.15) is 0 Å². The molecule has 1 aliphatic rings. The lowest BCUT2D eigenvalue weighted by Crippen LogP contribution is -2.50. The molecule has 0 aromatic heterocycles. The van der Waals surface area contributed by atoms with Crippen LogP contribution in [0.25, 0.3) is 0 Å². The molecule has 0 radical (unpaired) electrons. The average molecular weight is 257 g/mol. The molecule has 102 valence electrons. The van der Waals surface area contributed by atoms with Gasteiger partial charge in [-0.05, 0) is 29.5 Å². The Kier molecular flexibility index (Phi) is 5.71. The quantitative estimate of drug-likeness (QED) is 0.589. The molecule has 0 saturated heterocycles. The Labute approximate surface area is 109 Å². The molecule has 0 bridgehead atoms. The van der Waals surface area contributed by atoms with Crippen LogP contribution in [0.1, 0.15) is 73.6 Å². The van der Waals surface area contributed by atoms with Gasteiger partial charge in [-0.15, -0.1) is 0 Å². The lowest BCUT2D eigenvalue weighted by Gasteiger charge is -2.45. The van der Waals surface area contributed by atoms with E-state index in [1.165, 1.54) is 32.1 Å². The van der Waals surface area contributed by atoms with Crippen molar-refractivity contribution in [3.63, 3.8) is 0 Å². The van der Waals surface area contributed by atoms with Crippen molar-refractivity contribution >= 4 is 8.32 Å². The molecule has 0 N–H and O–H groups in total. The van der Waals surface area contributed by atoms with Crippen molar-refractivity contribution in [2.24, 2.45) is 0 Å². The van der Waals surface area contributed by atoms with Gasteiger partial charge in [-0.1, -0.05) is 60.8 Å². The molecule has 0 heterocycles. The SMILES string of the molecule is CC(C)[Si](OC1CCCCC1)(C(C)C)C(C)C. The van der Waals surface area contributed by atoms with E-state index in [0.29, 0.717) is 6.10 Å². The Balaban J connectivity index is 2.81. The van der Waals surface area contributed by atoms with Crippen molar-refractivity contribution in [3.05, 3.63) is 0 Å². The van der Waals surface area contributed by atoms with Gasteiger partial charge in [0.1, 0.15) is 0 Å². The van der Waals surface area contributed by atoms with E-state index in [1.54, 1.807) is 0 Å². The van der Waals surface area contributed by atoms with Crippen molar-refractivity contribution in [2.45, 2.75) is 96.4 Å². The second-order valence-corrected chi connectivity index (χ2v) is 12.1. The van der Waals surface area contributed by atoms with E-state index >= 15 is 0 Å². The predicted octanol–water partition coefficient (Wildman–Crippen LogP) is 5.51. The minimum absolute atomic E-state index is 0.572. The molecule has 0 aromatic carbocycles. The topological polar surface area (TPSA) is 9.23 Å². The molecule has 0 aliphatic heterocycles. The van der Waals surface area contributed by atoms with Crippen LogP contribution >= 0.6 is 0 Å². The minimum Gasteiger partial charge on any atom is -0.413 e. The van der Waals surface area contributed by atoms with Gasteiger partial charge < -0.3 is 4.43 Å². The summed E-state index contributed by atoms with van der Waals surface area (Å²) in [5.41, 5.74) is 2.18. The molecule has 17 heavy (non-hydrogen) atoms. The molecule has 0 aromatic rings. The van der Waals surface area contributed by atoms with Crippen LogP contribution in [0.2, 0.25) is 16.6 Å². The van der Waals surface area contributed by atoms with Crippen molar-refractivity contribution in [3.8, 4) is 0 Å². The van der Waals surface area contributed by atoms with Gasteiger partial charge in [-0.25, -0.2) is 0 Å². The monoisotopic (exact) mass is 256 g/mol. The first-order valence-electron chi connectivity index (χ1n) is 7.59. The molecule has 2 heteroatoms. The van der Waals surface area contributed by atoms with Gasteiger partial charge in [0.15, 0.2) is 0 Å². The Morgan fingerprint density at radius 2 is 1.18 bits per heavy atom. The highest BCUT2D eigenvalue weighted by Gasteiger charge is 2.46. The molecular formula is C15H32OSi. The summed E-state index contributed by atoms with van der Waals surface area (Å²) in [6.07, 6.45) is 7.36. The van der Waals surface area contributed by atoms with Crippen molar-refractivity contribution in [1.29, 1.82) is 0 Å². The first-order chi connectivity index (χ1) is 7.91. The van der Waals surface area contributed by atoms with Gasteiger partial charge in [0.25, 0.3) is 0 Å².